The SMILES string of the molecule is O=CC1CCC2(C(F)(F)F)NC=CC=CN12. The van der Waals surface area contributed by atoms with E-state index in [1.54, 1.807) is 0 Å². The van der Waals surface area contributed by atoms with Gasteiger partial charge in [0, 0.05) is 12.6 Å². The molecule has 0 saturated carbocycles. The van der Waals surface area contributed by atoms with Gasteiger partial charge in [-0.1, -0.05) is 0 Å². The zero-order chi connectivity index (χ0) is 11.8. The third kappa shape index (κ3) is 1.40. The molecule has 1 fully saturated rings. The summed E-state index contributed by atoms with van der Waals surface area (Å²) < 4.78 is 39.3. The van der Waals surface area contributed by atoms with Crippen molar-refractivity contribution in [1.82, 2.24) is 10.2 Å². The largest absolute Gasteiger partial charge is 0.430 e. The molecule has 2 aliphatic rings. The molecular weight excluding hydrogens is 221 g/mol. The maximum absolute atomic E-state index is 13.1. The van der Waals surface area contributed by atoms with E-state index in [4.69, 9.17) is 0 Å². The van der Waals surface area contributed by atoms with Gasteiger partial charge in [0.05, 0.1) is 6.04 Å². The molecule has 0 bridgehead atoms. The topological polar surface area (TPSA) is 32.3 Å². The normalized spacial score (nSPS) is 33.2. The summed E-state index contributed by atoms with van der Waals surface area (Å²) in [5.41, 5.74) is -2.14. The van der Waals surface area contributed by atoms with Crippen LogP contribution in [0.25, 0.3) is 0 Å². The molecule has 1 saturated heterocycles. The van der Waals surface area contributed by atoms with Gasteiger partial charge in [0.1, 0.15) is 6.29 Å². The third-order valence-electron chi connectivity index (χ3n) is 3.00. The van der Waals surface area contributed by atoms with Gasteiger partial charge >= 0.3 is 6.18 Å². The number of aldehydes is 1. The van der Waals surface area contributed by atoms with Crippen molar-refractivity contribution in [3.05, 3.63) is 24.6 Å². The highest BCUT2D eigenvalue weighted by Gasteiger charge is 2.62. The lowest BCUT2D eigenvalue weighted by Gasteiger charge is -2.40. The molecule has 1 N–H and O–H groups in total. The van der Waals surface area contributed by atoms with Crippen LogP contribution in [0.2, 0.25) is 0 Å². The number of hydrogen-bond acceptors (Lipinski definition) is 3. The van der Waals surface area contributed by atoms with Gasteiger partial charge in [-0.05, 0) is 24.8 Å². The predicted octanol–water partition coefficient (Wildman–Crippen LogP) is 1.54. The van der Waals surface area contributed by atoms with E-state index in [1.807, 2.05) is 0 Å². The average Bonchev–Trinajstić information content (AvgIpc) is 2.43. The summed E-state index contributed by atoms with van der Waals surface area (Å²) in [6.45, 7) is 0. The zero-order valence-corrected chi connectivity index (χ0v) is 8.37. The molecule has 0 spiro atoms. The standard InChI is InChI=1S/C10H11F3N2O/c11-10(12,13)9-4-3-8(7-16)15(9)6-2-1-5-14-9/h1-2,5-8,14H,3-4H2. The Hall–Kier alpha value is -1.46. The summed E-state index contributed by atoms with van der Waals surface area (Å²) >= 11 is 0. The lowest BCUT2D eigenvalue weighted by atomic mass is 10.1. The number of alkyl halides is 3. The Morgan fingerprint density at radius 3 is 2.81 bits per heavy atom. The Morgan fingerprint density at radius 1 is 1.44 bits per heavy atom. The van der Waals surface area contributed by atoms with Crippen molar-refractivity contribution in [2.45, 2.75) is 30.7 Å². The van der Waals surface area contributed by atoms with Gasteiger partial charge in [0.25, 0.3) is 0 Å². The first kappa shape index (κ1) is 11.0. The predicted molar refractivity (Wildman–Crippen MR) is 51.1 cm³/mol. The van der Waals surface area contributed by atoms with Crippen LogP contribution in [-0.4, -0.2) is 29.1 Å². The van der Waals surface area contributed by atoms with Crippen molar-refractivity contribution in [2.24, 2.45) is 0 Å². The van der Waals surface area contributed by atoms with E-state index in [0.717, 1.165) is 4.90 Å². The van der Waals surface area contributed by atoms with Gasteiger partial charge in [-0.25, -0.2) is 0 Å². The molecule has 2 heterocycles. The monoisotopic (exact) mass is 232 g/mol. The van der Waals surface area contributed by atoms with Crippen LogP contribution in [0.5, 0.6) is 0 Å². The van der Waals surface area contributed by atoms with E-state index in [9.17, 15) is 18.0 Å². The van der Waals surface area contributed by atoms with Gasteiger partial charge < -0.3 is 15.0 Å². The number of nitrogens with one attached hydrogen (secondary N) is 1. The van der Waals surface area contributed by atoms with Gasteiger partial charge in [-0.15, -0.1) is 0 Å². The number of hydrogen-bond donors (Lipinski definition) is 1. The van der Waals surface area contributed by atoms with E-state index in [-0.39, 0.29) is 12.8 Å². The molecule has 2 unspecified atom stereocenters. The van der Waals surface area contributed by atoms with Crippen molar-refractivity contribution in [3.63, 3.8) is 0 Å². The molecular formula is C10H11F3N2O. The van der Waals surface area contributed by atoms with Crippen LogP contribution < -0.4 is 5.32 Å². The summed E-state index contributed by atoms with van der Waals surface area (Å²) in [6.07, 6.45) is 1.75. The second-order valence-corrected chi connectivity index (χ2v) is 3.85. The molecule has 2 rings (SSSR count). The zero-order valence-electron chi connectivity index (χ0n) is 8.37. The van der Waals surface area contributed by atoms with Gasteiger partial charge in [0.2, 0.25) is 5.66 Å². The molecule has 0 aromatic carbocycles. The quantitative estimate of drug-likeness (QED) is 0.696. The Labute approximate surface area is 90.6 Å². The number of allylic oxidation sites excluding steroid dienone is 2. The van der Waals surface area contributed by atoms with Crippen molar-refractivity contribution >= 4 is 6.29 Å². The van der Waals surface area contributed by atoms with Crippen LogP contribution in [0.3, 0.4) is 0 Å². The molecule has 2 aliphatic heterocycles. The smallest absolute Gasteiger partial charge is 0.361 e. The minimum absolute atomic E-state index is 0.130. The first-order valence-electron chi connectivity index (χ1n) is 4.93. The maximum Gasteiger partial charge on any atom is 0.430 e. The van der Waals surface area contributed by atoms with Crippen LogP contribution in [-0.2, 0) is 4.79 Å². The van der Waals surface area contributed by atoms with Crippen molar-refractivity contribution in [1.29, 1.82) is 0 Å². The van der Waals surface area contributed by atoms with Crippen LogP contribution in [0.4, 0.5) is 13.2 Å². The molecule has 0 aromatic rings. The van der Waals surface area contributed by atoms with E-state index in [1.165, 1.54) is 24.6 Å². The molecule has 88 valence electrons. The molecule has 0 aliphatic carbocycles. The average molecular weight is 232 g/mol. The fraction of sp³-hybridized carbons (Fsp3) is 0.500. The van der Waals surface area contributed by atoms with E-state index >= 15 is 0 Å². The second kappa shape index (κ2) is 3.54. The molecule has 0 aromatic heterocycles. The highest BCUT2D eigenvalue weighted by Crippen LogP contribution is 2.44. The summed E-state index contributed by atoms with van der Waals surface area (Å²) in [7, 11) is 0. The highest BCUT2D eigenvalue weighted by atomic mass is 19.4. The van der Waals surface area contributed by atoms with Crippen LogP contribution >= 0.6 is 0 Å². The Balaban J connectivity index is 2.43. The molecule has 6 heteroatoms. The van der Waals surface area contributed by atoms with Crippen LogP contribution in [0, 0.1) is 0 Å². The summed E-state index contributed by atoms with van der Waals surface area (Å²) in [5, 5.41) is 2.36. The number of fused-ring (bicyclic) bond motifs is 1. The molecule has 2 atom stereocenters. The highest BCUT2D eigenvalue weighted by molar-refractivity contribution is 5.59. The summed E-state index contributed by atoms with van der Waals surface area (Å²) in [4.78, 5) is 11.8. The molecule has 0 amide bonds. The summed E-state index contributed by atoms with van der Waals surface area (Å²) in [6, 6.07) is -0.717. The molecule has 16 heavy (non-hydrogen) atoms. The van der Waals surface area contributed by atoms with Crippen molar-refractivity contribution in [3.8, 4) is 0 Å². The Morgan fingerprint density at radius 2 is 2.19 bits per heavy atom. The summed E-state index contributed by atoms with van der Waals surface area (Å²) in [5.74, 6) is 0. The van der Waals surface area contributed by atoms with E-state index in [2.05, 4.69) is 5.32 Å². The van der Waals surface area contributed by atoms with Gasteiger partial charge in [0.15, 0.2) is 0 Å². The number of nitrogens with zero attached hydrogens (tertiary/aromatic N) is 1. The Kier molecular flexibility index (Phi) is 2.44. The van der Waals surface area contributed by atoms with Crippen molar-refractivity contribution < 1.29 is 18.0 Å². The molecule has 3 nitrogen and oxygen atoms in total. The third-order valence-corrected chi connectivity index (χ3v) is 3.00. The fourth-order valence-corrected chi connectivity index (χ4v) is 2.18. The molecule has 0 radical (unpaired) electrons. The minimum Gasteiger partial charge on any atom is -0.361 e. The van der Waals surface area contributed by atoms with Crippen LogP contribution in [0.1, 0.15) is 12.8 Å². The second-order valence-electron chi connectivity index (χ2n) is 3.85. The first-order valence-corrected chi connectivity index (χ1v) is 4.93. The number of carbonyl (C=O) groups excluding carboxylic acids is 1. The Bertz CT molecular complexity index is 350. The van der Waals surface area contributed by atoms with Gasteiger partial charge in [-0.3, -0.25) is 0 Å². The first-order chi connectivity index (χ1) is 7.51. The number of halogens is 3. The number of rotatable bonds is 1. The lowest BCUT2D eigenvalue weighted by Crippen LogP contribution is -2.62. The number of carbonyl (C=O) groups is 1. The van der Waals surface area contributed by atoms with E-state index in [0.29, 0.717) is 6.29 Å². The van der Waals surface area contributed by atoms with Crippen molar-refractivity contribution in [2.75, 3.05) is 0 Å². The van der Waals surface area contributed by atoms with Gasteiger partial charge in [-0.2, -0.15) is 13.2 Å². The lowest BCUT2D eigenvalue weighted by molar-refractivity contribution is -0.225. The van der Waals surface area contributed by atoms with Crippen LogP contribution in [0.15, 0.2) is 24.6 Å². The fourth-order valence-electron chi connectivity index (χ4n) is 2.18. The maximum atomic E-state index is 13.1. The van der Waals surface area contributed by atoms with E-state index < -0.39 is 17.9 Å². The minimum atomic E-state index is -4.43.